The lowest BCUT2D eigenvalue weighted by Gasteiger charge is -2.06. The number of hydrogen-bond acceptors (Lipinski definition) is 3. The average Bonchev–Trinajstić information content (AvgIpc) is 3.17. The SMILES string of the molecule is O=C(CCCc1ncc(-c2ccccc2)o1)Nc1ccc2ccccc2c1. The lowest BCUT2D eigenvalue weighted by atomic mass is 10.1. The predicted molar refractivity (Wildman–Crippen MR) is 107 cm³/mol. The van der Waals surface area contributed by atoms with Crippen LogP contribution in [-0.4, -0.2) is 10.9 Å². The Morgan fingerprint density at radius 2 is 1.70 bits per heavy atom. The molecule has 1 heterocycles. The molecule has 3 aromatic carbocycles. The van der Waals surface area contributed by atoms with Crippen LogP contribution in [0, 0.1) is 0 Å². The van der Waals surface area contributed by atoms with Gasteiger partial charge in [-0.1, -0.05) is 60.7 Å². The van der Waals surface area contributed by atoms with Crippen LogP contribution in [-0.2, 0) is 11.2 Å². The quantitative estimate of drug-likeness (QED) is 0.499. The molecule has 0 bridgehead atoms. The molecule has 4 aromatic rings. The van der Waals surface area contributed by atoms with Crippen molar-refractivity contribution >= 4 is 22.4 Å². The third-order valence-corrected chi connectivity index (χ3v) is 4.44. The zero-order valence-corrected chi connectivity index (χ0v) is 14.9. The molecule has 0 aliphatic heterocycles. The number of amides is 1. The molecular weight excluding hydrogens is 336 g/mol. The molecule has 134 valence electrons. The summed E-state index contributed by atoms with van der Waals surface area (Å²) >= 11 is 0. The number of nitrogens with one attached hydrogen (secondary N) is 1. The van der Waals surface area contributed by atoms with Gasteiger partial charge in [-0.15, -0.1) is 0 Å². The van der Waals surface area contributed by atoms with Crippen LogP contribution >= 0.6 is 0 Å². The summed E-state index contributed by atoms with van der Waals surface area (Å²) < 4.78 is 5.78. The molecule has 0 unspecified atom stereocenters. The number of anilines is 1. The van der Waals surface area contributed by atoms with E-state index >= 15 is 0 Å². The van der Waals surface area contributed by atoms with Gasteiger partial charge in [0.1, 0.15) is 0 Å². The van der Waals surface area contributed by atoms with Crippen molar-refractivity contribution < 1.29 is 9.21 Å². The van der Waals surface area contributed by atoms with E-state index in [4.69, 9.17) is 4.42 Å². The molecule has 0 aliphatic rings. The molecule has 0 saturated carbocycles. The van der Waals surface area contributed by atoms with Crippen LogP contribution in [0.2, 0.25) is 0 Å². The number of hydrogen-bond donors (Lipinski definition) is 1. The maximum Gasteiger partial charge on any atom is 0.224 e. The highest BCUT2D eigenvalue weighted by Crippen LogP contribution is 2.21. The number of benzene rings is 3. The Morgan fingerprint density at radius 3 is 2.56 bits per heavy atom. The fourth-order valence-electron chi connectivity index (χ4n) is 3.05. The van der Waals surface area contributed by atoms with Gasteiger partial charge in [0.15, 0.2) is 11.7 Å². The molecule has 0 atom stereocenters. The molecule has 0 fully saturated rings. The second kappa shape index (κ2) is 7.87. The number of carbonyl (C=O) groups excluding carboxylic acids is 1. The second-order valence-electron chi connectivity index (χ2n) is 6.45. The molecule has 1 amide bonds. The third-order valence-electron chi connectivity index (χ3n) is 4.44. The molecule has 0 spiro atoms. The Kier molecular flexibility index (Phi) is 4.97. The fraction of sp³-hybridized carbons (Fsp3) is 0.130. The van der Waals surface area contributed by atoms with Crippen molar-refractivity contribution in [3.8, 4) is 11.3 Å². The number of nitrogens with zero attached hydrogens (tertiary/aromatic N) is 1. The normalized spacial score (nSPS) is 10.8. The van der Waals surface area contributed by atoms with Crippen LogP contribution in [0.4, 0.5) is 5.69 Å². The monoisotopic (exact) mass is 356 g/mol. The summed E-state index contributed by atoms with van der Waals surface area (Å²) in [5.74, 6) is 1.42. The van der Waals surface area contributed by atoms with E-state index in [9.17, 15) is 4.79 Å². The van der Waals surface area contributed by atoms with Gasteiger partial charge in [0.05, 0.1) is 6.20 Å². The second-order valence-corrected chi connectivity index (χ2v) is 6.45. The van der Waals surface area contributed by atoms with Gasteiger partial charge in [0.2, 0.25) is 5.91 Å². The molecule has 0 radical (unpaired) electrons. The van der Waals surface area contributed by atoms with Crippen LogP contribution in [0.3, 0.4) is 0 Å². The van der Waals surface area contributed by atoms with Gasteiger partial charge in [-0.2, -0.15) is 0 Å². The van der Waals surface area contributed by atoms with Crippen LogP contribution in [0.5, 0.6) is 0 Å². The minimum absolute atomic E-state index is 0.000111. The van der Waals surface area contributed by atoms with Gasteiger partial charge in [-0.3, -0.25) is 4.79 Å². The third kappa shape index (κ3) is 4.23. The van der Waals surface area contributed by atoms with Crippen molar-refractivity contribution in [2.24, 2.45) is 0 Å². The van der Waals surface area contributed by atoms with Crippen molar-refractivity contribution in [2.45, 2.75) is 19.3 Å². The first-order chi connectivity index (χ1) is 13.3. The molecule has 1 N–H and O–H groups in total. The van der Waals surface area contributed by atoms with Gasteiger partial charge in [-0.25, -0.2) is 4.98 Å². The summed E-state index contributed by atoms with van der Waals surface area (Å²) in [4.78, 5) is 16.5. The van der Waals surface area contributed by atoms with Gasteiger partial charge in [-0.05, 0) is 29.3 Å². The van der Waals surface area contributed by atoms with E-state index in [-0.39, 0.29) is 5.91 Å². The number of fused-ring (bicyclic) bond motifs is 1. The summed E-state index contributed by atoms with van der Waals surface area (Å²) in [6.45, 7) is 0. The Bertz CT molecular complexity index is 1050. The first-order valence-corrected chi connectivity index (χ1v) is 9.07. The Labute approximate surface area is 157 Å². The van der Waals surface area contributed by atoms with E-state index in [1.54, 1.807) is 6.20 Å². The molecule has 4 rings (SSSR count). The zero-order chi connectivity index (χ0) is 18.5. The van der Waals surface area contributed by atoms with E-state index in [0.717, 1.165) is 27.8 Å². The summed E-state index contributed by atoms with van der Waals surface area (Å²) in [7, 11) is 0. The van der Waals surface area contributed by atoms with Crippen molar-refractivity contribution in [2.75, 3.05) is 5.32 Å². The summed E-state index contributed by atoms with van der Waals surface area (Å²) in [5, 5.41) is 5.24. The molecule has 0 saturated heterocycles. The van der Waals surface area contributed by atoms with Gasteiger partial charge in [0.25, 0.3) is 0 Å². The smallest absolute Gasteiger partial charge is 0.224 e. The summed E-state index contributed by atoms with van der Waals surface area (Å²) in [6, 6.07) is 23.9. The minimum Gasteiger partial charge on any atom is -0.441 e. The Morgan fingerprint density at radius 1 is 0.926 bits per heavy atom. The molecule has 27 heavy (non-hydrogen) atoms. The Hall–Kier alpha value is -3.40. The number of carbonyl (C=O) groups is 1. The number of aromatic nitrogens is 1. The largest absolute Gasteiger partial charge is 0.441 e. The fourth-order valence-corrected chi connectivity index (χ4v) is 3.05. The molecule has 4 nitrogen and oxygen atoms in total. The number of oxazole rings is 1. The number of rotatable bonds is 6. The highest BCUT2D eigenvalue weighted by atomic mass is 16.4. The van der Waals surface area contributed by atoms with E-state index in [0.29, 0.717) is 25.2 Å². The van der Waals surface area contributed by atoms with Crippen molar-refractivity contribution in [1.29, 1.82) is 0 Å². The van der Waals surface area contributed by atoms with E-state index in [1.807, 2.05) is 66.7 Å². The maximum absolute atomic E-state index is 12.2. The first-order valence-electron chi connectivity index (χ1n) is 9.07. The summed E-state index contributed by atoms with van der Waals surface area (Å²) in [5.41, 5.74) is 1.83. The van der Waals surface area contributed by atoms with E-state index in [1.165, 1.54) is 0 Å². The van der Waals surface area contributed by atoms with Crippen molar-refractivity contribution in [1.82, 2.24) is 4.98 Å². The van der Waals surface area contributed by atoms with Crippen molar-refractivity contribution in [3.63, 3.8) is 0 Å². The van der Waals surface area contributed by atoms with Gasteiger partial charge >= 0.3 is 0 Å². The molecule has 1 aromatic heterocycles. The van der Waals surface area contributed by atoms with Gasteiger partial charge in [0, 0.05) is 24.1 Å². The Balaban J connectivity index is 1.30. The van der Waals surface area contributed by atoms with Crippen LogP contribution < -0.4 is 5.32 Å². The lowest BCUT2D eigenvalue weighted by molar-refractivity contribution is -0.116. The predicted octanol–water partition coefficient (Wildman–Crippen LogP) is 5.46. The van der Waals surface area contributed by atoms with Gasteiger partial charge < -0.3 is 9.73 Å². The summed E-state index contributed by atoms with van der Waals surface area (Å²) in [6.07, 6.45) is 3.49. The van der Waals surface area contributed by atoms with E-state index in [2.05, 4.69) is 16.4 Å². The molecule has 4 heteroatoms. The van der Waals surface area contributed by atoms with Crippen LogP contribution in [0.15, 0.2) is 83.4 Å². The number of aryl methyl sites for hydroxylation is 1. The zero-order valence-electron chi connectivity index (χ0n) is 14.9. The lowest BCUT2D eigenvalue weighted by Crippen LogP contribution is -2.11. The van der Waals surface area contributed by atoms with Crippen molar-refractivity contribution in [3.05, 3.63) is 84.9 Å². The van der Waals surface area contributed by atoms with Crippen LogP contribution in [0.1, 0.15) is 18.7 Å². The highest BCUT2D eigenvalue weighted by molar-refractivity contribution is 5.94. The molecular formula is C23H20N2O2. The van der Waals surface area contributed by atoms with E-state index < -0.39 is 0 Å². The van der Waals surface area contributed by atoms with Crippen LogP contribution in [0.25, 0.3) is 22.1 Å². The standard InChI is InChI=1S/C23H20N2O2/c26-22(25-20-14-13-17-7-4-5-10-19(17)15-20)11-6-12-23-24-16-21(27-23)18-8-2-1-3-9-18/h1-5,7-10,13-16H,6,11-12H2,(H,25,26). The highest BCUT2D eigenvalue weighted by Gasteiger charge is 2.08. The topological polar surface area (TPSA) is 55.1 Å². The average molecular weight is 356 g/mol. The maximum atomic E-state index is 12.2. The molecule has 0 aliphatic carbocycles. The minimum atomic E-state index is 0.000111. The first kappa shape index (κ1) is 17.0.